The average molecular weight is 530 g/mol. The van der Waals surface area contributed by atoms with Crippen molar-refractivity contribution in [2.24, 2.45) is 5.41 Å². The van der Waals surface area contributed by atoms with Crippen LogP contribution in [0.3, 0.4) is 0 Å². The number of rotatable bonds is 2. The number of barbiturate groups is 1. The van der Waals surface area contributed by atoms with Crippen LogP contribution in [0.4, 0.5) is 14.9 Å². The van der Waals surface area contributed by atoms with E-state index in [9.17, 15) is 19.2 Å². The second kappa shape index (κ2) is 8.73. The van der Waals surface area contributed by atoms with Crippen LogP contribution in [0, 0.1) is 11.2 Å². The summed E-state index contributed by atoms with van der Waals surface area (Å²) in [5.74, 6) is -2.68. The van der Waals surface area contributed by atoms with Gasteiger partial charge in [0.2, 0.25) is 17.4 Å². The maximum Gasteiger partial charge on any atom is 0.328 e. The first-order valence-electron chi connectivity index (χ1n) is 12.7. The predicted molar refractivity (Wildman–Crippen MR) is 129 cm³/mol. The molecule has 13 heteroatoms. The van der Waals surface area contributed by atoms with Crippen LogP contribution in [0.25, 0.3) is 11.0 Å². The van der Waals surface area contributed by atoms with Crippen molar-refractivity contribution < 1.29 is 37.6 Å². The van der Waals surface area contributed by atoms with E-state index in [1.807, 2.05) is 6.92 Å². The number of fused-ring (bicyclic) bond motifs is 5. The number of likely N-dealkylation sites (tertiary alicyclic amines) is 1. The molecule has 5 amide bonds. The van der Waals surface area contributed by atoms with E-state index in [4.69, 9.17) is 14.0 Å². The van der Waals surface area contributed by atoms with Gasteiger partial charge in [0.05, 0.1) is 35.4 Å². The van der Waals surface area contributed by atoms with Gasteiger partial charge in [-0.25, -0.2) is 9.18 Å². The van der Waals surface area contributed by atoms with Gasteiger partial charge in [0.1, 0.15) is 0 Å². The third-order valence-corrected chi connectivity index (χ3v) is 8.23. The fraction of sp³-hybridized carbons (Fsp3) is 0.560. The Balaban J connectivity index is 1.47. The molecule has 3 unspecified atom stereocenters. The second-order valence-corrected chi connectivity index (χ2v) is 10.5. The Hall–Kier alpha value is -3.58. The van der Waals surface area contributed by atoms with E-state index >= 15 is 4.39 Å². The zero-order valence-electron chi connectivity index (χ0n) is 21.2. The smallest absolute Gasteiger partial charge is 0.328 e. The molecule has 3 saturated heterocycles. The van der Waals surface area contributed by atoms with Crippen LogP contribution >= 0.6 is 0 Å². The summed E-state index contributed by atoms with van der Waals surface area (Å²) in [6.07, 6.45) is 0.219. The summed E-state index contributed by atoms with van der Waals surface area (Å²) in [6.45, 7) is 4.64. The predicted octanol–water partition coefficient (Wildman–Crippen LogP) is 1.11. The van der Waals surface area contributed by atoms with Crippen LogP contribution in [0.15, 0.2) is 10.6 Å². The molecule has 2 aromatic rings. The number of urea groups is 1. The van der Waals surface area contributed by atoms with E-state index < -0.39 is 47.1 Å². The minimum atomic E-state index is -1.76. The Morgan fingerprint density at radius 2 is 1.87 bits per heavy atom. The van der Waals surface area contributed by atoms with Crippen LogP contribution in [0.5, 0.6) is 0 Å². The number of aromatic nitrogens is 1. The molecule has 202 valence electrons. The minimum Gasteiger partial charge on any atom is -0.381 e. The molecule has 12 nitrogen and oxygen atoms in total. The van der Waals surface area contributed by atoms with Gasteiger partial charge < -0.3 is 23.8 Å². The summed E-state index contributed by atoms with van der Waals surface area (Å²) in [4.78, 5) is 55.2. The zero-order chi connectivity index (χ0) is 26.9. The van der Waals surface area contributed by atoms with E-state index in [2.05, 4.69) is 15.8 Å². The maximum atomic E-state index is 16.2. The summed E-state index contributed by atoms with van der Waals surface area (Å²) in [6, 6.07) is -0.233. The Kier molecular flexibility index (Phi) is 5.69. The third kappa shape index (κ3) is 3.44. The molecule has 0 saturated carbocycles. The molecule has 0 bridgehead atoms. The molecule has 1 aromatic carbocycles. The summed E-state index contributed by atoms with van der Waals surface area (Å²) in [7, 11) is 1.63. The summed E-state index contributed by atoms with van der Waals surface area (Å²) < 4.78 is 32.9. The van der Waals surface area contributed by atoms with Crippen molar-refractivity contribution in [1.29, 1.82) is 0 Å². The van der Waals surface area contributed by atoms with E-state index in [0.717, 1.165) is 0 Å². The third-order valence-electron chi connectivity index (χ3n) is 8.23. The van der Waals surface area contributed by atoms with Crippen LogP contribution in [-0.2, 0) is 25.5 Å². The number of imide groups is 2. The van der Waals surface area contributed by atoms with E-state index in [1.165, 1.54) is 0 Å². The number of carbonyl (C=O) groups is 4. The molecule has 3 fully saturated rings. The van der Waals surface area contributed by atoms with Crippen molar-refractivity contribution >= 4 is 40.4 Å². The van der Waals surface area contributed by atoms with Crippen molar-refractivity contribution in [3.63, 3.8) is 0 Å². The number of nitrogens with zero attached hydrogens (tertiary/aromatic N) is 3. The first-order chi connectivity index (χ1) is 18.1. The van der Waals surface area contributed by atoms with Gasteiger partial charge in [-0.05, 0) is 38.3 Å². The molecule has 1 spiro atoms. The monoisotopic (exact) mass is 529 g/mol. The van der Waals surface area contributed by atoms with Gasteiger partial charge in [0, 0.05) is 33.2 Å². The quantitative estimate of drug-likeness (QED) is 0.547. The molecule has 1 aromatic heterocycles. The van der Waals surface area contributed by atoms with Crippen molar-refractivity contribution in [2.75, 3.05) is 31.6 Å². The number of methoxy groups -OCH3 is 1. The number of anilines is 1. The molecular weight excluding hydrogens is 501 g/mol. The highest BCUT2D eigenvalue weighted by atomic mass is 19.1. The molecule has 4 aliphatic heterocycles. The summed E-state index contributed by atoms with van der Waals surface area (Å²) >= 11 is 0. The SMILES string of the molecule is COC1CCN(C(=O)c2noc3c(F)c4c(cc23)CC2(C(=O)NC(=O)NC2=O)C2C(C)OC(C)CN42)CC1. The maximum absolute atomic E-state index is 16.2. The Bertz CT molecular complexity index is 1350. The lowest BCUT2D eigenvalue weighted by atomic mass is 9.66. The van der Waals surface area contributed by atoms with E-state index in [-0.39, 0.29) is 47.5 Å². The van der Waals surface area contributed by atoms with Crippen LogP contribution in [-0.4, -0.2) is 84.9 Å². The minimum absolute atomic E-state index is 0.0369. The molecule has 0 aliphatic carbocycles. The first-order valence-corrected chi connectivity index (χ1v) is 12.7. The number of amides is 5. The summed E-state index contributed by atoms with van der Waals surface area (Å²) in [5, 5.41) is 8.51. The van der Waals surface area contributed by atoms with Gasteiger partial charge in [0.25, 0.3) is 5.91 Å². The fourth-order valence-electron chi connectivity index (χ4n) is 6.55. The number of hydrogen-bond donors (Lipinski definition) is 2. The topological polar surface area (TPSA) is 143 Å². The zero-order valence-corrected chi connectivity index (χ0v) is 21.2. The molecule has 5 heterocycles. The molecular formula is C25H28FN5O7. The number of ether oxygens (including phenoxy) is 2. The number of hydrogen-bond acceptors (Lipinski definition) is 9. The van der Waals surface area contributed by atoms with Gasteiger partial charge in [-0.3, -0.25) is 25.0 Å². The highest BCUT2D eigenvalue weighted by Gasteiger charge is 2.63. The van der Waals surface area contributed by atoms with Gasteiger partial charge in [-0.1, -0.05) is 5.16 Å². The highest BCUT2D eigenvalue weighted by molar-refractivity contribution is 6.20. The van der Waals surface area contributed by atoms with Crippen LogP contribution < -0.4 is 15.5 Å². The number of carbonyl (C=O) groups excluding carboxylic acids is 4. The van der Waals surface area contributed by atoms with Crippen molar-refractivity contribution in [3.05, 3.63) is 23.1 Å². The Labute approximate surface area is 216 Å². The lowest BCUT2D eigenvalue weighted by Crippen LogP contribution is -2.75. The molecule has 0 radical (unpaired) electrons. The van der Waals surface area contributed by atoms with Gasteiger partial charge in [-0.15, -0.1) is 0 Å². The van der Waals surface area contributed by atoms with Crippen LogP contribution in [0.1, 0.15) is 42.7 Å². The normalized spacial score (nSPS) is 27.3. The van der Waals surface area contributed by atoms with Crippen molar-refractivity contribution in [2.45, 2.75) is 57.5 Å². The molecule has 2 N–H and O–H groups in total. The van der Waals surface area contributed by atoms with Gasteiger partial charge in [-0.2, -0.15) is 0 Å². The Morgan fingerprint density at radius 1 is 1.18 bits per heavy atom. The molecule has 6 rings (SSSR count). The van der Waals surface area contributed by atoms with E-state index in [0.29, 0.717) is 31.5 Å². The van der Waals surface area contributed by atoms with E-state index in [1.54, 1.807) is 29.9 Å². The van der Waals surface area contributed by atoms with Gasteiger partial charge in [0.15, 0.2) is 16.9 Å². The molecule has 38 heavy (non-hydrogen) atoms. The Morgan fingerprint density at radius 3 is 2.53 bits per heavy atom. The number of nitrogens with one attached hydrogen (secondary N) is 2. The molecule has 4 aliphatic rings. The van der Waals surface area contributed by atoms with Crippen molar-refractivity contribution in [1.82, 2.24) is 20.7 Å². The number of piperidine rings is 1. The largest absolute Gasteiger partial charge is 0.381 e. The summed E-state index contributed by atoms with van der Waals surface area (Å²) in [5.41, 5.74) is -1.46. The fourth-order valence-corrected chi connectivity index (χ4v) is 6.55. The lowest BCUT2D eigenvalue weighted by Gasteiger charge is -2.55. The highest BCUT2D eigenvalue weighted by Crippen LogP contribution is 2.49. The van der Waals surface area contributed by atoms with Gasteiger partial charge >= 0.3 is 6.03 Å². The first kappa shape index (κ1) is 24.7. The number of benzene rings is 1. The average Bonchev–Trinajstić information content (AvgIpc) is 3.30. The number of halogens is 1. The standard InChI is InChI=1S/C25H28FN5O7/c1-11-10-31-18-13(9-25(20(31)12(2)37-11)22(33)27-24(35)28-23(25)34)8-15-17(29-38-19(15)16(18)26)21(32)30-6-4-14(36-3)5-7-30/h8,11-12,14,20H,4-7,9-10H2,1-3H3,(H2,27,28,33,34,35). The lowest BCUT2D eigenvalue weighted by molar-refractivity contribution is -0.153. The molecule has 3 atom stereocenters. The van der Waals surface area contributed by atoms with Crippen LogP contribution in [0.2, 0.25) is 0 Å². The second-order valence-electron chi connectivity index (χ2n) is 10.5. The van der Waals surface area contributed by atoms with Crippen molar-refractivity contribution in [3.8, 4) is 0 Å². The number of morpholine rings is 1.